The van der Waals surface area contributed by atoms with Crippen LogP contribution in [0.1, 0.15) is 37.3 Å². The molecule has 0 radical (unpaired) electrons. The number of amides is 2. The van der Waals surface area contributed by atoms with Crippen LogP contribution in [-0.2, 0) is 26.5 Å². The molecular formula is C34H39BrN2O5Si. The highest BCUT2D eigenvalue weighted by Gasteiger charge is 2.66. The van der Waals surface area contributed by atoms with Crippen molar-refractivity contribution in [2.45, 2.75) is 63.1 Å². The van der Waals surface area contributed by atoms with Crippen LogP contribution in [0.15, 0.2) is 71.2 Å². The zero-order valence-electron chi connectivity index (χ0n) is 25.2. The zero-order valence-corrected chi connectivity index (χ0v) is 27.8. The molecule has 6 rings (SSSR count). The van der Waals surface area contributed by atoms with Crippen molar-refractivity contribution in [3.05, 3.63) is 82.3 Å². The summed E-state index contributed by atoms with van der Waals surface area (Å²) in [5.74, 6) is 0.750. The maximum Gasteiger partial charge on any atom is 0.264 e. The van der Waals surface area contributed by atoms with Gasteiger partial charge in [0.05, 0.1) is 33.5 Å². The summed E-state index contributed by atoms with van der Waals surface area (Å²) in [6.45, 7) is 7.92. The van der Waals surface area contributed by atoms with Crippen LogP contribution in [0.25, 0.3) is 0 Å². The molecule has 2 fully saturated rings. The van der Waals surface area contributed by atoms with Gasteiger partial charge in [-0.3, -0.25) is 9.59 Å². The minimum Gasteiger partial charge on any atom is -0.497 e. The summed E-state index contributed by atoms with van der Waals surface area (Å²) in [5, 5.41) is 11.4. The van der Waals surface area contributed by atoms with E-state index in [0.717, 1.165) is 45.7 Å². The Labute approximate surface area is 262 Å². The standard InChI is InChI=1S/C34H39BrN2O5Si/c1-22-32(43(3,4)27-13-11-26(41-2)12-14-27)30(16-18-38)42-34(22)28-20-24(35)10-15-29(28)37(33(34)40)21-23-7-5-8-25(19-23)36-17-6-9-31(36)39/h5,7-8,10-15,19-20,22,30,32,38H,6,9,16-18,21H2,1-4H3/t22-,30+,32-,34+/m0/s1. The van der Waals surface area contributed by atoms with Crippen molar-refractivity contribution in [1.82, 2.24) is 0 Å². The fourth-order valence-electron chi connectivity index (χ4n) is 7.77. The lowest BCUT2D eigenvalue weighted by Gasteiger charge is -2.37. The second kappa shape index (κ2) is 11.5. The molecule has 9 heteroatoms. The van der Waals surface area contributed by atoms with Crippen LogP contribution in [0, 0.1) is 5.92 Å². The van der Waals surface area contributed by atoms with Crippen molar-refractivity contribution < 1.29 is 24.2 Å². The molecule has 0 aliphatic carbocycles. The largest absolute Gasteiger partial charge is 0.497 e. The van der Waals surface area contributed by atoms with E-state index in [1.54, 1.807) is 7.11 Å². The lowest BCUT2D eigenvalue weighted by Crippen LogP contribution is -2.51. The Kier molecular flexibility index (Phi) is 8.04. The summed E-state index contributed by atoms with van der Waals surface area (Å²) >= 11 is 3.66. The lowest BCUT2D eigenvalue weighted by atomic mass is 9.82. The molecule has 4 atom stereocenters. The van der Waals surface area contributed by atoms with Gasteiger partial charge in [0.25, 0.3) is 5.91 Å². The number of nitrogens with zero attached hydrogens (tertiary/aromatic N) is 2. The topological polar surface area (TPSA) is 79.3 Å². The molecule has 0 bridgehead atoms. The van der Waals surface area contributed by atoms with E-state index in [-0.39, 0.29) is 36.0 Å². The van der Waals surface area contributed by atoms with Gasteiger partial charge in [0, 0.05) is 41.2 Å². The highest BCUT2D eigenvalue weighted by atomic mass is 79.9. The number of anilines is 2. The number of hydrogen-bond acceptors (Lipinski definition) is 5. The fourth-order valence-corrected chi connectivity index (χ4v) is 12.2. The summed E-state index contributed by atoms with van der Waals surface area (Å²) in [7, 11) is -0.573. The van der Waals surface area contributed by atoms with Crippen molar-refractivity contribution in [3.63, 3.8) is 0 Å². The molecule has 3 aliphatic heterocycles. The van der Waals surface area contributed by atoms with Gasteiger partial charge < -0.3 is 24.4 Å². The monoisotopic (exact) mass is 662 g/mol. The summed E-state index contributed by atoms with van der Waals surface area (Å²) in [4.78, 5) is 30.9. The van der Waals surface area contributed by atoms with E-state index >= 15 is 0 Å². The van der Waals surface area contributed by atoms with Gasteiger partial charge in [-0.1, -0.05) is 65.4 Å². The SMILES string of the molecule is COc1ccc([Si](C)(C)[C@@H]2[C@@H](CCO)O[C@]3(C(=O)N(Cc4cccc(N5CCCC5=O)c4)c4ccc(Br)cc43)[C@H]2C)cc1. The summed E-state index contributed by atoms with van der Waals surface area (Å²) < 4.78 is 13.3. The maximum absolute atomic E-state index is 14.8. The van der Waals surface area contributed by atoms with Gasteiger partial charge in [-0.15, -0.1) is 0 Å². The van der Waals surface area contributed by atoms with Crippen molar-refractivity contribution in [3.8, 4) is 5.75 Å². The highest BCUT2D eigenvalue weighted by molar-refractivity contribution is 9.10. The number of rotatable bonds is 8. The Bertz CT molecular complexity index is 1550. The van der Waals surface area contributed by atoms with Crippen LogP contribution in [0.5, 0.6) is 5.75 Å². The van der Waals surface area contributed by atoms with Gasteiger partial charge >= 0.3 is 0 Å². The number of aliphatic hydroxyl groups is 1. The van der Waals surface area contributed by atoms with E-state index in [2.05, 4.69) is 48.1 Å². The molecule has 3 aliphatic rings. The Morgan fingerprint density at radius 1 is 1.09 bits per heavy atom. The molecule has 0 unspecified atom stereocenters. The summed E-state index contributed by atoms with van der Waals surface area (Å²) in [6, 6.07) is 22.2. The van der Waals surface area contributed by atoms with E-state index in [9.17, 15) is 14.7 Å². The van der Waals surface area contributed by atoms with E-state index in [1.807, 2.05) is 64.4 Å². The van der Waals surface area contributed by atoms with E-state index in [4.69, 9.17) is 9.47 Å². The third-order valence-electron chi connectivity index (χ3n) is 9.85. The number of benzene rings is 3. The molecule has 3 aromatic rings. The molecule has 2 amide bonds. The van der Waals surface area contributed by atoms with Gasteiger partial charge in [-0.2, -0.15) is 0 Å². The molecule has 3 aromatic carbocycles. The summed E-state index contributed by atoms with van der Waals surface area (Å²) in [6.07, 6.45) is 1.62. The second-order valence-electron chi connectivity index (χ2n) is 12.5. The number of ether oxygens (including phenoxy) is 2. The number of aliphatic hydroxyl groups excluding tert-OH is 1. The maximum atomic E-state index is 14.8. The van der Waals surface area contributed by atoms with Crippen LogP contribution < -0.4 is 19.7 Å². The second-order valence-corrected chi connectivity index (χ2v) is 18.1. The van der Waals surface area contributed by atoms with Crippen LogP contribution in [0.3, 0.4) is 0 Å². The third kappa shape index (κ3) is 4.94. The van der Waals surface area contributed by atoms with Gasteiger partial charge in [0.2, 0.25) is 5.91 Å². The Balaban J connectivity index is 1.39. The smallest absolute Gasteiger partial charge is 0.264 e. The first-order valence-electron chi connectivity index (χ1n) is 15.1. The number of halogens is 1. The number of carbonyl (C=O) groups is 2. The molecule has 2 saturated heterocycles. The van der Waals surface area contributed by atoms with Crippen molar-refractivity contribution in [1.29, 1.82) is 0 Å². The minimum absolute atomic E-state index is 0.0116. The first-order chi connectivity index (χ1) is 20.6. The van der Waals surface area contributed by atoms with Crippen LogP contribution in [0.4, 0.5) is 11.4 Å². The number of methoxy groups -OCH3 is 1. The van der Waals surface area contributed by atoms with Crippen molar-refractivity contribution in [2.75, 3.05) is 30.1 Å². The molecule has 3 heterocycles. The molecule has 226 valence electrons. The minimum atomic E-state index is -2.24. The van der Waals surface area contributed by atoms with E-state index in [1.165, 1.54) is 5.19 Å². The highest BCUT2D eigenvalue weighted by Crippen LogP contribution is 2.60. The zero-order chi connectivity index (χ0) is 30.5. The number of carbonyl (C=O) groups excluding carboxylic acids is 2. The van der Waals surface area contributed by atoms with Crippen LogP contribution in [0.2, 0.25) is 18.6 Å². The molecule has 1 N–H and O–H groups in total. The van der Waals surface area contributed by atoms with Gasteiger partial charge in [0.1, 0.15) is 5.75 Å². The molecule has 7 nitrogen and oxygen atoms in total. The first-order valence-corrected chi connectivity index (χ1v) is 18.9. The number of fused-ring (bicyclic) bond motifs is 2. The average Bonchev–Trinajstić information content (AvgIpc) is 3.63. The van der Waals surface area contributed by atoms with Gasteiger partial charge in [0.15, 0.2) is 5.60 Å². The first kappa shape index (κ1) is 30.1. The fraction of sp³-hybridized carbons (Fsp3) is 0.412. The quantitative estimate of drug-likeness (QED) is 0.312. The molecule has 1 spiro atoms. The van der Waals surface area contributed by atoms with Gasteiger partial charge in [-0.25, -0.2) is 0 Å². The molecular weight excluding hydrogens is 624 g/mol. The third-order valence-corrected chi connectivity index (χ3v) is 14.7. The normalized spacial score (nSPS) is 25.2. The summed E-state index contributed by atoms with van der Waals surface area (Å²) in [5.41, 5.74) is 2.46. The molecule has 0 saturated carbocycles. The van der Waals surface area contributed by atoms with Crippen LogP contribution in [-0.4, -0.2) is 51.4 Å². The molecule has 0 aromatic heterocycles. The van der Waals surface area contributed by atoms with Crippen molar-refractivity contribution in [2.24, 2.45) is 5.92 Å². The van der Waals surface area contributed by atoms with E-state index in [0.29, 0.717) is 19.4 Å². The van der Waals surface area contributed by atoms with Crippen molar-refractivity contribution >= 4 is 52.4 Å². The van der Waals surface area contributed by atoms with Gasteiger partial charge in [-0.05, 0) is 66.4 Å². The Hall–Kier alpha value is -2.98. The lowest BCUT2D eigenvalue weighted by molar-refractivity contribution is -0.146. The average molecular weight is 664 g/mol. The predicted octanol–water partition coefficient (Wildman–Crippen LogP) is 5.73. The molecule has 43 heavy (non-hydrogen) atoms. The predicted molar refractivity (Wildman–Crippen MR) is 175 cm³/mol. The Morgan fingerprint density at radius 3 is 2.53 bits per heavy atom. The number of hydrogen-bond donors (Lipinski definition) is 1. The van der Waals surface area contributed by atoms with Crippen LogP contribution >= 0.6 is 15.9 Å². The van der Waals surface area contributed by atoms with E-state index < -0.39 is 13.7 Å². The Morgan fingerprint density at radius 2 is 1.86 bits per heavy atom.